The van der Waals surface area contributed by atoms with Crippen LogP contribution in [0.4, 0.5) is 0 Å². The van der Waals surface area contributed by atoms with E-state index in [0.29, 0.717) is 10.9 Å². The Balaban J connectivity index is 1.92. The molecule has 1 unspecified atom stereocenters. The average molecular weight is 370 g/mol. The summed E-state index contributed by atoms with van der Waals surface area (Å²) in [6.45, 7) is 4.35. The van der Waals surface area contributed by atoms with Crippen LogP contribution in [0.25, 0.3) is 22.3 Å². The summed E-state index contributed by atoms with van der Waals surface area (Å²) >= 11 is 6.57. The van der Waals surface area contributed by atoms with Gasteiger partial charge in [0.1, 0.15) is 17.1 Å². The minimum atomic E-state index is 0.503. The van der Waals surface area contributed by atoms with Gasteiger partial charge in [-0.1, -0.05) is 25.4 Å². The number of rotatable bonds is 6. The summed E-state index contributed by atoms with van der Waals surface area (Å²) in [6, 6.07) is 7.93. The lowest BCUT2D eigenvalue weighted by Gasteiger charge is -2.15. The normalized spacial score (nSPS) is 15.4. The van der Waals surface area contributed by atoms with Gasteiger partial charge in [0.2, 0.25) is 0 Å². The Hall–Kier alpha value is -2.07. The molecule has 0 bridgehead atoms. The van der Waals surface area contributed by atoms with Crippen LogP contribution in [0.2, 0.25) is 5.02 Å². The van der Waals surface area contributed by atoms with Crippen LogP contribution in [0.1, 0.15) is 50.5 Å². The molecule has 3 aromatic rings. The number of ether oxygens (including phenoxy) is 1. The van der Waals surface area contributed by atoms with Crippen molar-refractivity contribution in [1.29, 1.82) is 0 Å². The number of aromatic amines is 1. The number of pyridine rings is 1. The molecule has 4 nitrogen and oxygen atoms in total. The zero-order valence-electron chi connectivity index (χ0n) is 15.5. The molecule has 2 heterocycles. The fourth-order valence-electron chi connectivity index (χ4n) is 3.73. The molecule has 0 amide bonds. The van der Waals surface area contributed by atoms with E-state index in [2.05, 4.69) is 24.9 Å². The molecule has 1 atom stereocenters. The lowest BCUT2D eigenvalue weighted by atomic mass is 9.95. The van der Waals surface area contributed by atoms with E-state index >= 15 is 0 Å². The molecule has 136 valence electrons. The molecule has 1 aliphatic carbocycles. The fourth-order valence-corrected chi connectivity index (χ4v) is 3.99. The van der Waals surface area contributed by atoms with Crippen molar-refractivity contribution < 1.29 is 4.74 Å². The molecule has 0 radical (unpaired) electrons. The number of imidazole rings is 1. The lowest BCUT2D eigenvalue weighted by Crippen LogP contribution is -2.04. The Morgan fingerprint density at radius 3 is 2.65 bits per heavy atom. The molecule has 0 aliphatic heterocycles. The molecule has 1 saturated carbocycles. The van der Waals surface area contributed by atoms with Crippen molar-refractivity contribution in [3.63, 3.8) is 0 Å². The van der Waals surface area contributed by atoms with Crippen LogP contribution in [-0.4, -0.2) is 22.1 Å². The second kappa shape index (κ2) is 6.92. The van der Waals surface area contributed by atoms with E-state index in [0.717, 1.165) is 58.3 Å². The summed E-state index contributed by atoms with van der Waals surface area (Å²) in [5.41, 5.74) is 4.85. The number of halogens is 1. The van der Waals surface area contributed by atoms with Crippen molar-refractivity contribution in [3.05, 3.63) is 40.8 Å². The van der Waals surface area contributed by atoms with E-state index in [9.17, 15) is 0 Å². The minimum Gasteiger partial charge on any atom is -0.497 e. The van der Waals surface area contributed by atoms with E-state index in [4.69, 9.17) is 26.3 Å². The van der Waals surface area contributed by atoms with Crippen LogP contribution in [-0.2, 0) is 6.42 Å². The van der Waals surface area contributed by atoms with E-state index < -0.39 is 0 Å². The van der Waals surface area contributed by atoms with Gasteiger partial charge in [-0.05, 0) is 49.4 Å². The maximum atomic E-state index is 6.57. The van der Waals surface area contributed by atoms with Crippen molar-refractivity contribution in [1.82, 2.24) is 15.0 Å². The first kappa shape index (κ1) is 17.3. The van der Waals surface area contributed by atoms with Crippen LogP contribution in [0.5, 0.6) is 5.75 Å². The smallest absolute Gasteiger partial charge is 0.120 e. The van der Waals surface area contributed by atoms with E-state index in [1.807, 2.05) is 18.2 Å². The van der Waals surface area contributed by atoms with Gasteiger partial charge in [0, 0.05) is 23.6 Å². The zero-order chi connectivity index (χ0) is 18.3. The van der Waals surface area contributed by atoms with Crippen LogP contribution in [0.3, 0.4) is 0 Å². The Morgan fingerprint density at radius 2 is 2.04 bits per heavy atom. The molecule has 1 aliphatic rings. The SMILES string of the molecule is CCc1nc2c(-c3ccc(OC)cc3Cl)nc(C(CC)C3CC3)cc2[nH]1. The summed E-state index contributed by atoms with van der Waals surface area (Å²) in [5.74, 6) is 2.98. The van der Waals surface area contributed by atoms with Crippen molar-refractivity contribution in [2.24, 2.45) is 5.92 Å². The Kier molecular flexibility index (Phi) is 4.62. The molecule has 1 aromatic carbocycles. The van der Waals surface area contributed by atoms with Gasteiger partial charge in [-0.15, -0.1) is 0 Å². The maximum Gasteiger partial charge on any atom is 0.120 e. The molecule has 0 saturated heterocycles. The summed E-state index contributed by atoms with van der Waals surface area (Å²) in [6.07, 6.45) is 4.58. The number of fused-ring (bicyclic) bond motifs is 1. The molecule has 0 spiro atoms. The molecular formula is C21H24ClN3O. The monoisotopic (exact) mass is 369 g/mol. The van der Waals surface area contributed by atoms with E-state index in [-0.39, 0.29) is 0 Å². The third-order valence-corrected chi connectivity index (χ3v) is 5.63. The Morgan fingerprint density at radius 1 is 1.23 bits per heavy atom. The summed E-state index contributed by atoms with van der Waals surface area (Å²) in [5, 5.41) is 0.635. The molecule has 2 aromatic heterocycles. The topological polar surface area (TPSA) is 50.8 Å². The molecule has 4 rings (SSSR count). The highest BCUT2D eigenvalue weighted by atomic mass is 35.5. The van der Waals surface area contributed by atoms with Crippen molar-refractivity contribution in [3.8, 4) is 17.0 Å². The van der Waals surface area contributed by atoms with Crippen LogP contribution in [0, 0.1) is 5.92 Å². The second-order valence-corrected chi connectivity index (χ2v) is 7.43. The molecule has 5 heteroatoms. The third kappa shape index (κ3) is 3.07. The third-order valence-electron chi connectivity index (χ3n) is 5.32. The maximum absolute atomic E-state index is 6.57. The Labute approximate surface area is 159 Å². The van der Waals surface area contributed by atoms with Gasteiger partial charge in [0.05, 0.1) is 23.3 Å². The summed E-state index contributed by atoms with van der Waals surface area (Å²) in [7, 11) is 1.64. The number of aryl methyl sites for hydroxylation is 1. The highest BCUT2D eigenvalue weighted by molar-refractivity contribution is 6.33. The standard InChI is InChI=1S/C21H24ClN3O/c1-4-14(12-6-7-12)17-11-18-21(25-19(5-2)23-18)20(24-17)15-9-8-13(26-3)10-16(15)22/h8-12,14H,4-7H2,1-3H3,(H,23,25). The van der Waals surface area contributed by atoms with Crippen LogP contribution >= 0.6 is 11.6 Å². The first-order valence-corrected chi connectivity index (χ1v) is 9.75. The van der Waals surface area contributed by atoms with E-state index in [1.165, 1.54) is 12.8 Å². The second-order valence-electron chi connectivity index (χ2n) is 7.03. The lowest BCUT2D eigenvalue weighted by molar-refractivity contribution is 0.415. The number of H-pyrrole nitrogens is 1. The average Bonchev–Trinajstić information content (AvgIpc) is 3.39. The summed E-state index contributed by atoms with van der Waals surface area (Å²) < 4.78 is 5.29. The van der Waals surface area contributed by atoms with Gasteiger partial charge in [0.25, 0.3) is 0 Å². The quantitative estimate of drug-likeness (QED) is 0.601. The highest BCUT2D eigenvalue weighted by Crippen LogP contribution is 2.45. The van der Waals surface area contributed by atoms with Gasteiger partial charge in [-0.3, -0.25) is 4.98 Å². The zero-order valence-corrected chi connectivity index (χ0v) is 16.2. The molecule has 26 heavy (non-hydrogen) atoms. The fraction of sp³-hybridized carbons (Fsp3) is 0.429. The highest BCUT2D eigenvalue weighted by Gasteiger charge is 2.32. The molecule has 1 N–H and O–H groups in total. The summed E-state index contributed by atoms with van der Waals surface area (Å²) in [4.78, 5) is 13.3. The van der Waals surface area contributed by atoms with Crippen LogP contribution < -0.4 is 4.74 Å². The number of methoxy groups -OCH3 is 1. The predicted octanol–water partition coefficient (Wildman–Crippen LogP) is 5.75. The van der Waals surface area contributed by atoms with Gasteiger partial charge >= 0.3 is 0 Å². The van der Waals surface area contributed by atoms with E-state index in [1.54, 1.807) is 7.11 Å². The number of nitrogens with one attached hydrogen (secondary N) is 1. The van der Waals surface area contributed by atoms with Crippen LogP contribution in [0.15, 0.2) is 24.3 Å². The largest absolute Gasteiger partial charge is 0.497 e. The van der Waals surface area contributed by atoms with Gasteiger partial charge in [0.15, 0.2) is 0 Å². The van der Waals surface area contributed by atoms with Gasteiger partial charge in [-0.2, -0.15) is 0 Å². The molecule has 1 fully saturated rings. The first-order valence-electron chi connectivity index (χ1n) is 9.38. The number of hydrogen-bond acceptors (Lipinski definition) is 3. The number of aromatic nitrogens is 3. The molecular weight excluding hydrogens is 346 g/mol. The number of hydrogen-bond donors (Lipinski definition) is 1. The van der Waals surface area contributed by atoms with Crippen molar-refractivity contribution in [2.45, 2.75) is 45.4 Å². The van der Waals surface area contributed by atoms with Crippen molar-refractivity contribution >= 4 is 22.6 Å². The van der Waals surface area contributed by atoms with Crippen molar-refractivity contribution in [2.75, 3.05) is 7.11 Å². The predicted molar refractivity (Wildman–Crippen MR) is 106 cm³/mol. The van der Waals surface area contributed by atoms with Gasteiger partial charge < -0.3 is 9.72 Å². The Bertz CT molecular complexity index is 946. The number of benzene rings is 1. The number of nitrogens with zero attached hydrogens (tertiary/aromatic N) is 2. The first-order chi connectivity index (χ1) is 12.6. The van der Waals surface area contributed by atoms with Gasteiger partial charge in [-0.25, -0.2) is 4.98 Å². The minimum absolute atomic E-state index is 0.503.